The summed E-state index contributed by atoms with van der Waals surface area (Å²) in [6.45, 7) is 1.93. The molecule has 0 aliphatic rings. The number of methoxy groups -OCH3 is 1. The summed E-state index contributed by atoms with van der Waals surface area (Å²) in [7, 11) is 1.63. The van der Waals surface area contributed by atoms with Crippen molar-refractivity contribution in [1.82, 2.24) is 9.97 Å². The van der Waals surface area contributed by atoms with Crippen LogP contribution in [0.5, 0.6) is 5.75 Å². The van der Waals surface area contributed by atoms with E-state index in [-0.39, 0.29) is 0 Å². The Kier molecular flexibility index (Phi) is 5.29. The summed E-state index contributed by atoms with van der Waals surface area (Å²) in [5, 5.41) is 0.590. The first-order valence-electron chi connectivity index (χ1n) is 4.75. The second-order valence-corrected chi connectivity index (χ2v) is 3.36. The quantitative estimate of drug-likeness (QED) is 0.714. The first kappa shape index (κ1) is 12.5. The fourth-order valence-corrected chi connectivity index (χ4v) is 1.06. The molecule has 2 aromatic heterocycles. The maximum atomic E-state index is 5.60. The van der Waals surface area contributed by atoms with Gasteiger partial charge in [0.05, 0.1) is 7.11 Å². The molecule has 2 aromatic rings. The third-order valence-corrected chi connectivity index (χ3v) is 2.23. The molecule has 0 spiro atoms. The van der Waals surface area contributed by atoms with E-state index >= 15 is 0 Å². The average molecular weight is 237 g/mol. The Hall–Kier alpha value is -1.61. The second-order valence-electron chi connectivity index (χ2n) is 3.00. The summed E-state index contributed by atoms with van der Waals surface area (Å²) in [5.41, 5.74) is 1.02. The van der Waals surface area contributed by atoms with Gasteiger partial charge in [-0.3, -0.25) is 4.98 Å². The van der Waals surface area contributed by atoms with E-state index in [1.165, 1.54) is 0 Å². The van der Waals surface area contributed by atoms with Crippen molar-refractivity contribution >= 4 is 11.6 Å². The number of hydrogen-bond acceptors (Lipinski definition) is 3. The van der Waals surface area contributed by atoms with Crippen LogP contribution < -0.4 is 4.74 Å². The van der Waals surface area contributed by atoms with E-state index in [2.05, 4.69) is 9.97 Å². The zero-order valence-corrected chi connectivity index (χ0v) is 9.98. The molecule has 84 valence electrons. The van der Waals surface area contributed by atoms with Gasteiger partial charge in [0, 0.05) is 18.6 Å². The van der Waals surface area contributed by atoms with Gasteiger partial charge in [-0.1, -0.05) is 17.7 Å². The molecule has 0 aromatic carbocycles. The minimum absolute atomic E-state index is 0.590. The van der Waals surface area contributed by atoms with E-state index in [1.54, 1.807) is 37.8 Å². The lowest BCUT2D eigenvalue weighted by Gasteiger charge is -1.93. The number of halogens is 1. The second kappa shape index (κ2) is 6.80. The van der Waals surface area contributed by atoms with Crippen molar-refractivity contribution in [2.24, 2.45) is 0 Å². The van der Waals surface area contributed by atoms with E-state index < -0.39 is 0 Å². The SMILES string of the molecule is COc1ccncc1.Cc1cccnc1Cl. The summed E-state index contributed by atoms with van der Waals surface area (Å²) < 4.78 is 4.87. The molecule has 0 fully saturated rings. The van der Waals surface area contributed by atoms with E-state index in [9.17, 15) is 0 Å². The van der Waals surface area contributed by atoms with Crippen LogP contribution in [0, 0.1) is 6.92 Å². The van der Waals surface area contributed by atoms with Crippen LogP contribution in [-0.2, 0) is 0 Å². The number of aryl methyl sites for hydroxylation is 1. The summed E-state index contributed by atoms with van der Waals surface area (Å²) in [5.74, 6) is 0.847. The molecule has 0 atom stereocenters. The van der Waals surface area contributed by atoms with Crippen molar-refractivity contribution in [1.29, 1.82) is 0 Å². The van der Waals surface area contributed by atoms with E-state index in [0.717, 1.165) is 11.3 Å². The molecule has 0 unspecified atom stereocenters. The van der Waals surface area contributed by atoms with Crippen molar-refractivity contribution in [3.63, 3.8) is 0 Å². The van der Waals surface area contributed by atoms with Gasteiger partial charge in [-0.2, -0.15) is 0 Å². The molecule has 0 radical (unpaired) electrons. The predicted molar refractivity (Wildman–Crippen MR) is 64.8 cm³/mol. The highest BCUT2D eigenvalue weighted by Gasteiger charge is 1.88. The molecule has 3 nitrogen and oxygen atoms in total. The smallest absolute Gasteiger partial charge is 0.131 e. The molecule has 4 heteroatoms. The maximum Gasteiger partial charge on any atom is 0.131 e. The number of nitrogens with zero attached hydrogens (tertiary/aromatic N) is 2. The molecule has 0 aliphatic heterocycles. The van der Waals surface area contributed by atoms with Crippen molar-refractivity contribution < 1.29 is 4.74 Å². The highest BCUT2D eigenvalue weighted by Crippen LogP contribution is 2.07. The molecule has 2 heterocycles. The molecule has 0 bridgehead atoms. The van der Waals surface area contributed by atoms with Crippen LogP contribution in [0.15, 0.2) is 42.9 Å². The van der Waals surface area contributed by atoms with Crippen molar-refractivity contribution in [2.45, 2.75) is 6.92 Å². The average Bonchev–Trinajstić information content (AvgIpc) is 2.35. The molecule has 0 saturated heterocycles. The highest BCUT2D eigenvalue weighted by atomic mass is 35.5. The van der Waals surface area contributed by atoms with Crippen LogP contribution in [0.25, 0.3) is 0 Å². The Balaban J connectivity index is 0.000000160. The van der Waals surface area contributed by atoms with E-state index in [4.69, 9.17) is 16.3 Å². The lowest BCUT2D eigenvalue weighted by Crippen LogP contribution is -1.80. The monoisotopic (exact) mass is 236 g/mol. The third-order valence-electron chi connectivity index (χ3n) is 1.83. The Morgan fingerprint density at radius 1 is 1.12 bits per heavy atom. The zero-order valence-electron chi connectivity index (χ0n) is 9.22. The minimum atomic E-state index is 0.590. The van der Waals surface area contributed by atoms with Crippen LogP contribution in [-0.4, -0.2) is 17.1 Å². The highest BCUT2D eigenvalue weighted by molar-refractivity contribution is 6.30. The summed E-state index contributed by atoms with van der Waals surface area (Å²) in [6, 6.07) is 7.40. The van der Waals surface area contributed by atoms with Crippen LogP contribution in [0.3, 0.4) is 0 Å². The largest absolute Gasteiger partial charge is 0.497 e. The van der Waals surface area contributed by atoms with Gasteiger partial charge in [-0.25, -0.2) is 4.98 Å². The van der Waals surface area contributed by atoms with Crippen LogP contribution >= 0.6 is 11.6 Å². The molecule has 0 amide bonds. The maximum absolute atomic E-state index is 5.60. The standard InChI is InChI=1S/C6H6ClN.C6H7NO/c1-5-3-2-4-8-6(5)7;1-8-6-2-4-7-5-3-6/h2-4H,1H3;2-5H,1H3. The fourth-order valence-electron chi connectivity index (χ4n) is 0.941. The lowest BCUT2D eigenvalue weighted by molar-refractivity contribution is 0.414. The van der Waals surface area contributed by atoms with Gasteiger partial charge >= 0.3 is 0 Å². The van der Waals surface area contributed by atoms with Gasteiger partial charge in [-0.05, 0) is 30.7 Å². The summed E-state index contributed by atoms with van der Waals surface area (Å²) >= 11 is 5.60. The predicted octanol–water partition coefficient (Wildman–Crippen LogP) is 3.13. The summed E-state index contributed by atoms with van der Waals surface area (Å²) in [6.07, 6.45) is 5.06. The van der Waals surface area contributed by atoms with Gasteiger partial charge < -0.3 is 4.74 Å². The van der Waals surface area contributed by atoms with Gasteiger partial charge in [0.25, 0.3) is 0 Å². The van der Waals surface area contributed by atoms with E-state index in [0.29, 0.717) is 5.15 Å². The zero-order chi connectivity index (χ0) is 11.8. The van der Waals surface area contributed by atoms with Crippen LogP contribution in [0.4, 0.5) is 0 Å². The first-order chi connectivity index (χ1) is 7.74. The van der Waals surface area contributed by atoms with Crippen molar-refractivity contribution in [3.8, 4) is 5.75 Å². The molecule has 0 saturated carbocycles. The lowest BCUT2D eigenvalue weighted by atomic mass is 10.3. The van der Waals surface area contributed by atoms with Crippen molar-refractivity contribution in [2.75, 3.05) is 7.11 Å². The number of ether oxygens (including phenoxy) is 1. The third kappa shape index (κ3) is 4.28. The number of rotatable bonds is 1. The Bertz CT molecular complexity index is 399. The Labute approximate surface area is 100 Å². The molecular formula is C12H13ClN2O. The topological polar surface area (TPSA) is 35.0 Å². The van der Waals surface area contributed by atoms with Crippen LogP contribution in [0.2, 0.25) is 5.15 Å². The van der Waals surface area contributed by atoms with Gasteiger partial charge in [0.2, 0.25) is 0 Å². The molecule has 0 aliphatic carbocycles. The Morgan fingerprint density at radius 2 is 1.81 bits per heavy atom. The first-order valence-corrected chi connectivity index (χ1v) is 5.13. The van der Waals surface area contributed by atoms with Gasteiger partial charge in [0.15, 0.2) is 0 Å². The summed E-state index contributed by atoms with van der Waals surface area (Å²) in [4.78, 5) is 7.66. The van der Waals surface area contributed by atoms with Gasteiger partial charge in [-0.15, -0.1) is 0 Å². The van der Waals surface area contributed by atoms with Crippen LogP contribution in [0.1, 0.15) is 5.56 Å². The number of aromatic nitrogens is 2. The molecule has 16 heavy (non-hydrogen) atoms. The Morgan fingerprint density at radius 3 is 2.19 bits per heavy atom. The van der Waals surface area contributed by atoms with E-state index in [1.807, 2.05) is 19.1 Å². The molecular weight excluding hydrogens is 224 g/mol. The fraction of sp³-hybridized carbons (Fsp3) is 0.167. The normalized spacial score (nSPS) is 8.94. The number of hydrogen-bond donors (Lipinski definition) is 0. The van der Waals surface area contributed by atoms with Crippen molar-refractivity contribution in [3.05, 3.63) is 53.6 Å². The minimum Gasteiger partial charge on any atom is -0.497 e. The number of pyridine rings is 2. The molecule has 0 N–H and O–H groups in total. The molecule has 2 rings (SSSR count). The van der Waals surface area contributed by atoms with Gasteiger partial charge in [0.1, 0.15) is 10.9 Å².